The molecule has 1 amide bonds. The van der Waals surface area contributed by atoms with Crippen molar-refractivity contribution in [1.29, 1.82) is 0 Å². The maximum Gasteiger partial charge on any atom is 0.221 e. The third-order valence-electron chi connectivity index (χ3n) is 2.40. The predicted octanol–water partition coefficient (Wildman–Crippen LogP) is 1.78. The zero-order valence-electron chi connectivity index (χ0n) is 10.3. The summed E-state index contributed by atoms with van der Waals surface area (Å²) in [6, 6.07) is 1.58. The molecular formula is C12H15NO4. The molecule has 0 atom stereocenters. The number of benzene rings is 1. The van der Waals surface area contributed by atoms with Gasteiger partial charge in [0.05, 0.1) is 19.9 Å². The predicted molar refractivity (Wildman–Crippen MR) is 64.0 cm³/mol. The Labute approximate surface area is 99.7 Å². The molecule has 0 spiro atoms. The summed E-state index contributed by atoms with van der Waals surface area (Å²) in [5, 5.41) is 2.64. The molecule has 0 aliphatic heterocycles. The van der Waals surface area contributed by atoms with Gasteiger partial charge in [0.25, 0.3) is 0 Å². The van der Waals surface area contributed by atoms with E-state index in [0.717, 1.165) is 0 Å². The van der Waals surface area contributed by atoms with E-state index in [0.29, 0.717) is 34.6 Å². The third-order valence-corrected chi connectivity index (χ3v) is 2.40. The first kappa shape index (κ1) is 13.0. The van der Waals surface area contributed by atoms with Crippen molar-refractivity contribution in [2.24, 2.45) is 0 Å². The van der Waals surface area contributed by atoms with Gasteiger partial charge in [-0.05, 0) is 18.6 Å². The second-order valence-corrected chi connectivity index (χ2v) is 3.50. The van der Waals surface area contributed by atoms with Crippen molar-refractivity contribution < 1.29 is 19.1 Å². The number of amides is 1. The zero-order valence-corrected chi connectivity index (χ0v) is 10.3. The fourth-order valence-corrected chi connectivity index (χ4v) is 1.56. The molecule has 1 aromatic rings. The molecule has 1 aromatic carbocycles. The maximum absolute atomic E-state index is 11.1. The molecule has 1 rings (SSSR count). The van der Waals surface area contributed by atoms with Crippen molar-refractivity contribution in [3.05, 3.63) is 17.2 Å². The van der Waals surface area contributed by atoms with Crippen LogP contribution in [-0.4, -0.2) is 26.4 Å². The first-order chi connectivity index (χ1) is 8.04. The Morgan fingerprint density at radius 3 is 2.41 bits per heavy atom. The second-order valence-electron chi connectivity index (χ2n) is 3.50. The molecule has 0 saturated carbocycles. The number of ether oxygens (including phenoxy) is 2. The summed E-state index contributed by atoms with van der Waals surface area (Å²) in [6.07, 6.45) is 0.711. The number of methoxy groups -OCH3 is 2. The minimum atomic E-state index is -0.239. The molecule has 0 saturated heterocycles. The van der Waals surface area contributed by atoms with E-state index < -0.39 is 0 Å². The minimum absolute atomic E-state index is 0.239. The van der Waals surface area contributed by atoms with Gasteiger partial charge in [-0.25, -0.2) is 0 Å². The lowest BCUT2D eigenvalue weighted by atomic mass is 10.1. The number of aldehydes is 1. The van der Waals surface area contributed by atoms with E-state index in [9.17, 15) is 9.59 Å². The van der Waals surface area contributed by atoms with Crippen LogP contribution in [0.1, 0.15) is 22.8 Å². The van der Waals surface area contributed by atoms with Gasteiger partial charge in [0.1, 0.15) is 0 Å². The average molecular weight is 237 g/mol. The number of carbonyl (C=O) groups excluding carboxylic acids is 2. The standard InChI is InChI=1S/C12H15NO4/c1-7-9(6-14)5-10(16-3)12(17-4)11(7)13-8(2)15/h5-6H,1-4H3,(H,13,15). The number of rotatable bonds is 4. The quantitative estimate of drug-likeness (QED) is 0.811. The highest BCUT2D eigenvalue weighted by Crippen LogP contribution is 2.39. The van der Waals surface area contributed by atoms with Crippen molar-refractivity contribution in [3.8, 4) is 11.5 Å². The molecule has 0 heterocycles. The van der Waals surface area contributed by atoms with E-state index in [-0.39, 0.29) is 5.91 Å². The normalized spacial score (nSPS) is 9.65. The molecule has 1 N–H and O–H groups in total. The van der Waals surface area contributed by atoms with Crippen LogP contribution < -0.4 is 14.8 Å². The summed E-state index contributed by atoms with van der Waals surface area (Å²) in [5.41, 5.74) is 1.56. The van der Waals surface area contributed by atoms with Gasteiger partial charge in [0.2, 0.25) is 5.91 Å². The lowest BCUT2D eigenvalue weighted by Gasteiger charge is -2.16. The second kappa shape index (κ2) is 5.34. The molecule has 0 bridgehead atoms. The van der Waals surface area contributed by atoms with Gasteiger partial charge >= 0.3 is 0 Å². The number of hydrogen-bond donors (Lipinski definition) is 1. The Morgan fingerprint density at radius 2 is 2.00 bits per heavy atom. The summed E-state index contributed by atoms with van der Waals surface area (Å²) < 4.78 is 10.3. The number of nitrogens with one attached hydrogen (secondary N) is 1. The van der Waals surface area contributed by atoms with Crippen LogP contribution in [0.3, 0.4) is 0 Å². The van der Waals surface area contributed by atoms with Crippen LogP contribution in [0, 0.1) is 6.92 Å². The van der Waals surface area contributed by atoms with Crippen LogP contribution >= 0.6 is 0 Å². The Balaban J connectivity index is 3.49. The van der Waals surface area contributed by atoms with Crippen molar-refractivity contribution >= 4 is 17.9 Å². The molecule has 0 aliphatic carbocycles. The van der Waals surface area contributed by atoms with E-state index in [1.165, 1.54) is 21.1 Å². The highest BCUT2D eigenvalue weighted by atomic mass is 16.5. The highest BCUT2D eigenvalue weighted by Gasteiger charge is 2.17. The monoisotopic (exact) mass is 237 g/mol. The van der Waals surface area contributed by atoms with Gasteiger partial charge in [-0.2, -0.15) is 0 Å². The Bertz CT molecular complexity index is 454. The van der Waals surface area contributed by atoms with Crippen LogP contribution in [-0.2, 0) is 4.79 Å². The van der Waals surface area contributed by atoms with Gasteiger partial charge in [-0.3, -0.25) is 9.59 Å². The van der Waals surface area contributed by atoms with E-state index in [1.807, 2.05) is 0 Å². The summed E-state index contributed by atoms with van der Waals surface area (Å²) in [5.74, 6) is 0.575. The Kier molecular flexibility index (Phi) is 4.09. The van der Waals surface area contributed by atoms with Gasteiger partial charge < -0.3 is 14.8 Å². The van der Waals surface area contributed by atoms with E-state index in [2.05, 4.69) is 5.32 Å². The summed E-state index contributed by atoms with van der Waals surface area (Å²) in [6.45, 7) is 3.12. The first-order valence-corrected chi connectivity index (χ1v) is 5.03. The van der Waals surface area contributed by atoms with Crippen LogP contribution in [0.5, 0.6) is 11.5 Å². The summed E-state index contributed by atoms with van der Waals surface area (Å²) in [4.78, 5) is 22.1. The Hall–Kier alpha value is -2.04. The van der Waals surface area contributed by atoms with Crippen molar-refractivity contribution in [1.82, 2.24) is 0 Å². The van der Waals surface area contributed by atoms with E-state index >= 15 is 0 Å². The van der Waals surface area contributed by atoms with Gasteiger partial charge in [-0.1, -0.05) is 0 Å². The van der Waals surface area contributed by atoms with Crippen LogP contribution in [0.4, 0.5) is 5.69 Å². The lowest BCUT2D eigenvalue weighted by Crippen LogP contribution is -2.10. The highest BCUT2D eigenvalue weighted by molar-refractivity contribution is 5.95. The summed E-state index contributed by atoms with van der Waals surface area (Å²) in [7, 11) is 2.95. The SMILES string of the molecule is COc1cc(C=O)c(C)c(NC(C)=O)c1OC. The molecule has 17 heavy (non-hydrogen) atoms. The van der Waals surface area contributed by atoms with Crippen molar-refractivity contribution in [2.45, 2.75) is 13.8 Å². The van der Waals surface area contributed by atoms with Gasteiger partial charge in [0, 0.05) is 12.5 Å². The number of carbonyl (C=O) groups is 2. The molecule has 0 aliphatic rings. The molecule has 0 radical (unpaired) electrons. The number of hydrogen-bond acceptors (Lipinski definition) is 4. The molecule has 0 aromatic heterocycles. The van der Waals surface area contributed by atoms with Crippen LogP contribution in [0.2, 0.25) is 0 Å². The maximum atomic E-state index is 11.1. The van der Waals surface area contributed by atoms with Gasteiger partial charge in [0.15, 0.2) is 17.8 Å². The molecule has 92 valence electrons. The average Bonchev–Trinajstić information content (AvgIpc) is 2.30. The van der Waals surface area contributed by atoms with E-state index in [1.54, 1.807) is 13.0 Å². The zero-order chi connectivity index (χ0) is 13.0. The lowest BCUT2D eigenvalue weighted by molar-refractivity contribution is -0.114. The smallest absolute Gasteiger partial charge is 0.221 e. The van der Waals surface area contributed by atoms with Crippen molar-refractivity contribution in [3.63, 3.8) is 0 Å². The van der Waals surface area contributed by atoms with Crippen LogP contribution in [0.15, 0.2) is 6.07 Å². The molecular weight excluding hydrogens is 222 g/mol. The Morgan fingerprint density at radius 1 is 1.35 bits per heavy atom. The topological polar surface area (TPSA) is 64.6 Å². The fourth-order valence-electron chi connectivity index (χ4n) is 1.56. The van der Waals surface area contributed by atoms with E-state index in [4.69, 9.17) is 9.47 Å². The minimum Gasteiger partial charge on any atom is -0.493 e. The molecule has 0 fully saturated rings. The summed E-state index contributed by atoms with van der Waals surface area (Å²) >= 11 is 0. The molecule has 0 unspecified atom stereocenters. The first-order valence-electron chi connectivity index (χ1n) is 5.03. The molecule has 5 heteroatoms. The third kappa shape index (κ3) is 2.55. The molecule has 5 nitrogen and oxygen atoms in total. The van der Waals surface area contributed by atoms with Gasteiger partial charge in [-0.15, -0.1) is 0 Å². The largest absolute Gasteiger partial charge is 0.493 e. The fraction of sp³-hybridized carbons (Fsp3) is 0.333. The van der Waals surface area contributed by atoms with Crippen molar-refractivity contribution in [2.75, 3.05) is 19.5 Å². The number of anilines is 1. The van der Waals surface area contributed by atoms with Crippen LogP contribution in [0.25, 0.3) is 0 Å².